The standard InChI is InChI=1S/C23H31NO4/c1-17(14-21(25)16-28-15-19-10-6-4-7-11-19)23(27)24(3)18(2)22(26)20-12-8-5-9-13-20/h4-13,17-18,21-22,25-26H,14-16H2,1-3H3/t17-,18-,21-,22+/m0/s1. The number of aliphatic hydroxyl groups excluding tert-OH is 2. The molecule has 0 fully saturated rings. The van der Waals surface area contributed by atoms with Crippen molar-refractivity contribution in [3.63, 3.8) is 0 Å². The first kappa shape index (κ1) is 22.1. The fourth-order valence-electron chi connectivity index (χ4n) is 3.15. The van der Waals surface area contributed by atoms with Crippen molar-refractivity contribution in [2.45, 2.75) is 45.1 Å². The normalized spacial score (nSPS) is 15.5. The predicted octanol–water partition coefficient (Wildman–Crippen LogP) is 3.17. The Morgan fingerprint density at radius 1 is 1.00 bits per heavy atom. The van der Waals surface area contributed by atoms with Gasteiger partial charge >= 0.3 is 0 Å². The first-order valence-electron chi connectivity index (χ1n) is 9.69. The number of amides is 1. The third kappa shape index (κ3) is 6.44. The molecule has 0 aromatic heterocycles. The molecule has 152 valence electrons. The van der Waals surface area contributed by atoms with E-state index in [9.17, 15) is 15.0 Å². The van der Waals surface area contributed by atoms with E-state index in [4.69, 9.17) is 4.74 Å². The molecule has 0 saturated heterocycles. The second kappa shape index (κ2) is 11.0. The zero-order valence-corrected chi connectivity index (χ0v) is 16.9. The van der Waals surface area contributed by atoms with Gasteiger partial charge in [-0.05, 0) is 24.5 Å². The van der Waals surface area contributed by atoms with Crippen LogP contribution in [-0.4, -0.2) is 46.8 Å². The maximum Gasteiger partial charge on any atom is 0.225 e. The van der Waals surface area contributed by atoms with Crippen molar-refractivity contribution >= 4 is 5.91 Å². The van der Waals surface area contributed by atoms with Crippen LogP contribution in [0.2, 0.25) is 0 Å². The molecule has 0 heterocycles. The summed E-state index contributed by atoms with van der Waals surface area (Å²) in [6.45, 7) is 4.22. The zero-order valence-electron chi connectivity index (χ0n) is 16.9. The maximum atomic E-state index is 12.7. The summed E-state index contributed by atoms with van der Waals surface area (Å²) in [5, 5.41) is 20.7. The first-order valence-corrected chi connectivity index (χ1v) is 9.69. The Kier molecular flexibility index (Phi) is 8.64. The molecule has 2 aromatic rings. The van der Waals surface area contributed by atoms with Crippen molar-refractivity contribution < 1.29 is 19.7 Å². The molecule has 0 aliphatic carbocycles. The molecule has 2 N–H and O–H groups in total. The average molecular weight is 386 g/mol. The molecule has 2 aromatic carbocycles. The molecular formula is C23H31NO4. The van der Waals surface area contributed by atoms with E-state index >= 15 is 0 Å². The van der Waals surface area contributed by atoms with Crippen LogP contribution >= 0.6 is 0 Å². The molecule has 1 amide bonds. The lowest BCUT2D eigenvalue weighted by molar-refractivity contribution is -0.139. The van der Waals surface area contributed by atoms with Gasteiger partial charge < -0.3 is 19.8 Å². The number of nitrogens with zero attached hydrogens (tertiary/aromatic N) is 1. The average Bonchev–Trinajstić information content (AvgIpc) is 2.72. The van der Waals surface area contributed by atoms with Crippen LogP contribution < -0.4 is 0 Å². The third-order valence-electron chi connectivity index (χ3n) is 5.03. The molecule has 0 unspecified atom stereocenters. The lowest BCUT2D eigenvalue weighted by atomic mass is 9.98. The second-order valence-electron chi connectivity index (χ2n) is 7.34. The van der Waals surface area contributed by atoms with Gasteiger partial charge in [0.2, 0.25) is 5.91 Å². The van der Waals surface area contributed by atoms with Gasteiger partial charge in [-0.25, -0.2) is 0 Å². The number of ether oxygens (including phenoxy) is 1. The first-order chi connectivity index (χ1) is 13.4. The van der Waals surface area contributed by atoms with Crippen molar-refractivity contribution in [2.24, 2.45) is 5.92 Å². The van der Waals surface area contributed by atoms with E-state index in [0.717, 1.165) is 11.1 Å². The van der Waals surface area contributed by atoms with Gasteiger partial charge in [0.15, 0.2) is 0 Å². The molecule has 28 heavy (non-hydrogen) atoms. The highest BCUT2D eigenvalue weighted by Crippen LogP contribution is 2.22. The van der Waals surface area contributed by atoms with E-state index in [1.165, 1.54) is 0 Å². The summed E-state index contributed by atoms with van der Waals surface area (Å²) in [5.41, 5.74) is 1.82. The van der Waals surface area contributed by atoms with E-state index in [1.807, 2.05) is 67.6 Å². The van der Waals surface area contributed by atoms with Crippen molar-refractivity contribution in [1.82, 2.24) is 4.90 Å². The summed E-state index contributed by atoms with van der Waals surface area (Å²) >= 11 is 0. The maximum absolute atomic E-state index is 12.7. The summed E-state index contributed by atoms with van der Waals surface area (Å²) in [6.07, 6.45) is -1.17. The van der Waals surface area contributed by atoms with Gasteiger partial charge in [-0.1, -0.05) is 67.6 Å². The minimum Gasteiger partial charge on any atom is -0.391 e. The number of benzene rings is 2. The van der Waals surface area contributed by atoms with Crippen molar-refractivity contribution in [3.05, 3.63) is 71.8 Å². The number of likely N-dealkylation sites (N-methyl/N-ethyl adjacent to an activating group) is 1. The van der Waals surface area contributed by atoms with E-state index in [-0.39, 0.29) is 24.5 Å². The molecule has 0 saturated carbocycles. The molecule has 0 aliphatic rings. The molecule has 0 bridgehead atoms. The molecular weight excluding hydrogens is 354 g/mol. The quantitative estimate of drug-likeness (QED) is 0.659. The van der Waals surface area contributed by atoms with Crippen LogP contribution in [0.4, 0.5) is 0 Å². The number of hydrogen-bond donors (Lipinski definition) is 2. The Bertz CT molecular complexity index is 707. The Hall–Kier alpha value is -2.21. The monoisotopic (exact) mass is 385 g/mol. The summed E-state index contributed by atoms with van der Waals surface area (Å²) in [4.78, 5) is 14.3. The lowest BCUT2D eigenvalue weighted by Crippen LogP contribution is -2.42. The highest BCUT2D eigenvalue weighted by molar-refractivity contribution is 5.78. The largest absolute Gasteiger partial charge is 0.391 e. The second-order valence-corrected chi connectivity index (χ2v) is 7.34. The van der Waals surface area contributed by atoms with Crippen LogP contribution in [0.15, 0.2) is 60.7 Å². The predicted molar refractivity (Wildman–Crippen MR) is 110 cm³/mol. The number of carbonyl (C=O) groups is 1. The van der Waals surface area contributed by atoms with Crippen LogP contribution in [0, 0.1) is 5.92 Å². The van der Waals surface area contributed by atoms with Gasteiger partial charge in [0.25, 0.3) is 0 Å². The fourth-order valence-corrected chi connectivity index (χ4v) is 3.15. The number of carbonyl (C=O) groups excluding carboxylic acids is 1. The van der Waals surface area contributed by atoms with Crippen LogP contribution in [0.1, 0.15) is 37.5 Å². The Labute approximate surface area is 167 Å². The minimum atomic E-state index is -0.763. The Morgan fingerprint density at radius 3 is 2.18 bits per heavy atom. The molecule has 0 radical (unpaired) electrons. The molecule has 5 heteroatoms. The number of hydrogen-bond acceptors (Lipinski definition) is 4. The Balaban J connectivity index is 1.80. The highest BCUT2D eigenvalue weighted by atomic mass is 16.5. The van der Waals surface area contributed by atoms with E-state index < -0.39 is 12.2 Å². The topological polar surface area (TPSA) is 70.0 Å². The van der Waals surface area contributed by atoms with Crippen LogP contribution in [0.3, 0.4) is 0 Å². The van der Waals surface area contributed by atoms with Gasteiger partial charge in [0.1, 0.15) is 0 Å². The van der Waals surface area contributed by atoms with E-state index in [1.54, 1.807) is 18.9 Å². The molecule has 4 atom stereocenters. The van der Waals surface area contributed by atoms with Gasteiger partial charge in [-0.15, -0.1) is 0 Å². The summed E-state index contributed by atoms with van der Waals surface area (Å²) < 4.78 is 5.55. The molecule has 0 spiro atoms. The summed E-state index contributed by atoms with van der Waals surface area (Å²) in [5.74, 6) is -0.477. The van der Waals surface area contributed by atoms with E-state index in [0.29, 0.717) is 13.0 Å². The number of aliphatic hydroxyl groups is 2. The highest BCUT2D eigenvalue weighted by Gasteiger charge is 2.28. The van der Waals surface area contributed by atoms with E-state index in [2.05, 4.69) is 0 Å². The van der Waals surface area contributed by atoms with Gasteiger partial charge in [0, 0.05) is 13.0 Å². The van der Waals surface area contributed by atoms with Crippen molar-refractivity contribution in [2.75, 3.05) is 13.7 Å². The molecule has 0 aliphatic heterocycles. The van der Waals surface area contributed by atoms with Gasteiger partial charge in [-0.3, -0.25) is 4.79 Å². The zero-order chi connectivity index (χ0) is 20.5. The lowest BCUT2D eigenvalue weighted by Gasteiger charge is -2.31. The van der Waals surface area contributed by atoms with Crippen molar-refractivity contribution in [3.8, 4) is 0 Å². The SMILES string of the molecule is C[C@@H](C[C@H](O)COCc1ccccc1)C(=O)N(C)[C@@H](C)[C@@H](O)c1ccccc1. The number of rotatable bonds is 10. The fraction of sp³-hybridized carbons (Fsp3) is 0.435. The molecule has 5 nitrogen and oxygen atoms in total. The minimum absolute atomic E-state index is 0.107. The van der Waals surface area contributed by atoms with Crippen LogP contribution in [0.25, 0.3) is 0 Å². The Morgan fingerprint density at radius 2 is 1.57 bits per heavy atom. The summed E-state index contributed by atoms with van der Waals surface area (Å²) in [6, 6.07) is 18.7. The van der Waals surface area contributed by atoms with Crippen LogP contribution in [-0.2, 0) is 16.1 Å². The summed E-state index contributed by atoms with van der Waals surface area (Å²) in [7, 11) is 1.69. The van der Waals surface area contributed by atoms with Crippen molar-refractivity contribution in [1.29, 1.82) is 0 Å². The molecule has 2 rings (SSSR count). The smallest absolute Gasteiger partial charge is 0.225 e. The van der Waals surface area contributed by atoms with Gasteiger partial charge in [-0.2, -0.15) is 0 Å². The van der Waals surface area contributed by atoms with Gasteiger partial charge in [0.05, 0.1) is 31.5 Å². The third-order valence-corrected chi connectivity index (χ3v) is 5.03. The van der Waals surface area contributed by atoms with Crippen LogP contribution in [0.5, 0.6) is 0 Å².